The number of carboxylic acids is 1. The van der Waals surface area contributed by atoms with E-state index in [9.17, 15) is 19.8 Å². The smallest absolute Gasteiger partial charge is 0.305 e. The summed E-state index contributed by atoms with van der Waals surface area (Å²) >= 11 is 0. The van der Waals surface area contributed by atoms with Crippen molar-refractivity contribution in [2.24, 2.45) is 39.7 Å². The van der Waals surface area contributed by atoms with Gasteiger partial charge in [0.1, 0.15) is 5.71 Å². The molecule has 1 amide bonds. The zero-order valence-electron chi connectivity index (χ0n) is 24.9. The first-order valence-corrected chi connectivity index (χ1v) is 15.2. The fourth-order valence-electron chi connectivity index (χ4n) is 9.07. The molecule has 1 heterocycles. The topological polar surface area (TPSA) is 117 Å². The Morgan fingerprint density at radius 1 is 1.12 bits per heavy atom. The summed E-state index contributed by atoms with van der Waals surface area (Å²) in [4.78, 5) is 29.6. The van der Waals surface area contributed by atoms with Crippen molar-refractivity contribution in [3.8, 4) is 0 Å². The molecule has 0 unspecified atom stereocenters. The number of amides is 1. The van der Waals surface area contributed by atoms with Gasteiger partial charge in [-0.05, 0) is 113 Å². The number of ether oxygens (including phenoxy) is 1. The van der Waals surface area contributed by atoms with Crippen LogP contribution in [0.15, 0.2) is 29.0 Å². The van der Waals surface area contributed by atoms with Crippen molar-refractivity contribution < 1.29 is 29.4 Å². The lowest BCUT2D eigenvalue weighted by atomic mass is 9.47. The molecule has 0 bridgehead atoms. The van der Waals surface area contributed by atoms with Crippen molar-refractivity contribution >= 4 is 17.6 Å². The summed E-state index contributed by atoms with van der Waals surface area (Å²) in [5.74, 6) is 0.483. The molecule has 5 rings (SSSR count). The summed E-state index contributed by atoms with van der Waals surface area (Å²) < 4.78 is 5.77. The van der Waals surface area contributed by atoms with E-state index >= 15 is 0 Å². The van der Waals surface area contributed by atoms with Crippen LogP contribution >= 0.6 is 0 Å². The summed E-state index contributed by atoms with van der Waals surface area (Å²) in [7, 11) is 0. The molecule has 0 spiro atoms. The summed E-state index contributed by atoms with van der Waals surface area (Å²) in [6.45, 7) is 11.0. The number of carboxylic acid groups (broad SMARTS) is 1. The van der Waals surface area contributed by atoms with E-state index in [-0.39, 0.29) is 41.3 Å². The number of rotatable bonds is 7. The molecule has 5 aliphatic rings. The van der Waals surface area contributed by atoms with Gasteiger partial charge in [-0.15, -0.1) is 0 Å². The molecule has 3 N–H and O–H groups in total. The maximum Gasteiger partial charge on any atom is 0.305 e. The summed E-state index contributed by atoms with van der Waals surface area (Å²) in [6.07, 6.45) is 14.0. The van der Waals surface area contributed by atoms with Gasteiger partial charge in [0.15, 0.2) is 6.61 Å². The van der Waals surface area contributed by atoms with Gasteiger partial charge in [-0.3, -0.25) is 9.59 Å². The van der Waals surface area contributed by atoms with Crippen LogP contribution in [0.4, 0.5) is 0 Å². The van der Waals surface area contributed by atoms with Crippen LogP contribution < -0.4 is 5.32 Å². The molecule has 0 radical (unpaired) electrons. The van der Waals surface area contributed by atoms with Crippen molar-refractivity contribution in [1.82, 2.24) is 5.32 Å². The van der Waals surface area contributed by atoms with Crippen molar-refractivity contribution in [2.75, 3.05) is 13.2 Å². The lowest BCUT2D eigenvalue weighted by Crippen LogP contribution is -2.53. The fourth-order valence-corrected chi connectivity index (χ4v) is 9.07. The zero-order chi connectivity index (χ0) is 28.9. The van der Waals surface area contributed by atoms with Crippen molar-refractivity contribution in [3.63, 3.8) is 0 Å². The third-order valence-corrected chi connectivity index (χ3v) is 11.5. The first-order chi connectivity index (χ1) is 18.7. The predicted octanol–water partition coefficient (Wildman–Crippen LogP) is 5.01. The number of oxime groups is 1. The number of carbonyl (C=O) groups is 2. The fraction of sp³-hybridized carbons (Fsp3) is 0.781. The van der Waals surface area contributed by atoms with Crippen LogP contribution in [0.3, 0.4) is 0 Å². The number of nitrogens with zero attached hydrogens (tertiary/aromatic N) is 1. The average molecular weight is 557 g/mol. The lowest BCUT2D eigenvalue weighted by Gasteiger charge is -2.58. The number of hydrogen-bond acceptors (Lipinski definition) is 6. The quantitative estimate of drug-likeness (QED) is 0.380. The highest BCUT2D eigenvalue weighted by Gasteiger charge is 2.62. The number of aliphatic hydroxyl groups is 1. The van der Waals surface area contributed by atoms with Gasteiger partial charge >= 0.3 is 5.97 Å². The van der Waals surface area contributed by atoms with Crippen LogP contribution in [0.5, 0.6) is 0 Å². The third-order valence-electron chi connectivity index (χ3n) is 11.5. The molecule has 4 aliphatic carbocycles. The molecule has 1 aliphatic heterocycles. The van der Waals surface area contributed by atoms with E-state index in [1.807, 2.05) is 26.8 Å². The monoisotopic (exact) mass is 556 g/mol. The van der Waals surface area contributed by atoms with Crippen LogP contribution in [0.2, 0.25) is 0 Å². The Bertz CT molecular complexity index is 1110. The van der Waals surface area contributed by atoms with Gasteiger partial charge in [-0.25, -0.2) is 0 Å². The van der Waals surface area contributed by atoms with Gasteiger partial charge in [0, 0.05) is 18.1 Å². The van der Waals surface area contributed by atoms with Crippen molar-refractivity contribution in [3.05, 3.63) is 23.8 Å². The minimum Gasteiger partial charge on any atom is -0.481 e. The Balaban J connectivity index is 1.19. The Morgan fingerprint density at radius 2 is 1.88 bits per heavy atom. The Morgan fingerprint density at radius 3 is 2.60 bits per heavy atom. The van der Waals surface area contributed by atoms with E-state index in [1.165, 1.54) is 5.57 Å². The van der Waals surface area contributed by atoms with E-state index < -0.39 is 17.6 Å². The van der Waals surface area contributed by atoms with Crippen LogP contribution in [-0.4, -0.2) is 58.3 Å². The first kappa shape index (κ1) is 29.3. The number of fused-ring (bicyclic) bond motifs is 5. The van der Waals surface area contributed by atoms with Gasteiger partial charge in [0.25, 0.3) is 5.91 Å². The van der Waals surface area contributed by atoms with Gasteiger partial charge in [-0.2, -0.15) is 0 Å². The van der Waals surface area contributed by atoms with Gasteiger partial charge in [0.2, 0.25) is 0 Å². The highest BCUT2D eigenvalue weighted by molar-refractivity contribution is 6.05. The average Bonchev–Trinajstić information content (AvgIpc) is 3.11. The standard InChI is InChI=1S/C32H48N2O6/c1-29(2)18-20(11-15-39-29)26(17-28(36)37)33-27(35)19-40-34-22-8-12-30(3)21(16-22)6-7-23-24(30)9-13-31(4)25(23)10-14-32(31,5)38/h8,12,16,20,23-26,38H,6-7,9-11,13-15,17-19H2,1-5H3,(H,33,35)(H,36,37)/t20-,23-,24-,25-,26+,30+,31+,32+/m1/s1. The predicted molar refractivity (Wildman–Crippen MR) is 153 cm³/mol. The number of carbonyl (C=O) groups excluding carboxylic acids is 1. The molecule has 222 valence electrons. The Kier molecular flexibility index (Phi) is 7.75. The van der Waals surface area contributed by atoms with Crippen LogP contribution in [0.1, 0.15) is 92.4 Å². The van der Waals surface area contributed by atoms with Crippen molar-refractivity contribution in [2.45, 2.75) is 110 Å². The molecular formula is C32H48N2O6. The molecule has 8 nitrogen and oxygen atoms in total. The van der Waals surface area contributed by atoms with Crippen LogP contribution in [0.25, 0.3) is 0 Å². The second-order valence-electron chi connectivity index (χ2n) is 14.4. The minimum absolute atomic E-state index is 0.00952. The van der Waals surface area contributed by atoms with E-state index in [0.29, 0.717) is 42.9 Å². The molecular weight excluding hydrogens is 508 g/mol. The van der Waals surface area contributed by atoms with Gasteiger partial charge in [0.05, 0.1) is 17.6 Å². The molecule has 0 aromatic carbocycles. The van der Waals surface area contributed by atoms with E-state index in [2.05, 4.69) is 36.5 Å². The Labute approximate surface area is 238 Å². The maximum absolute atomic E-state index is 12.7. The summed E-state index contributed by atoms with van der Waals surface area (Å²) in [5.41, 5.74) is 1.17. The molecule has 0 aromatic rings. The van der Waals surface area contributed by atoms with Gasteiger partial charge < -0.3 is 25.1 Å². The molecule has 8 atom stereocenters. The molecule has 0 aromatic heterocycles. The number of hydrogen-bond donors (Lipinski definition) is 3. The third kappa shape index (κ3) is 5.38. The number of nitrogens with one attached hydrogen (secondary N) is 1. The normalized spacial score (nSPS) is 41.8. The van der Waals surface area contributed by atoms with E-state index in [1.54, 1.807) is 0 Å². The van der Waals surface area contributed by atoms with E-state index in [4.69, 9.17) is 9.57 Å². The molecule has 40 heavy (non-hydrogen) atoms. The van der Waals surface area contributed by atoms with Gasteiger partial charge in [-0.1, -0.05) is 30.7 Å². The van der Waals surface area contributed by atoms with Crippen LogP contribution in [0, 0.1) is 34.5 Å². The highest BCUT2D eigenvalue weighted by atomic mass is 16.6. The number of allylic oxidation sites excluding steroid dienone is 4. The van der Waals surface area contributed by atoms with Crippen molar-refractivity contribution in [1.29, 1.82) is 0 Å². The second kappa shape index (κ2) is 10.6. The summed E-state index contributed by atoms with van der Waals surface area (Å²) in [5, 5.41) is 27.7. The molecule has 4 fully saturated rings. The van der Waals surface area contributed by atoms with Crippen LogP contribution in [-0.2, 0) is 19.2 Å². The zero-order valence-corrected chi connectivity index (χ0v) is 24.9. The highest BCUT2D eigenvalue weighted by Crippen LogP contribution is 2.66. The minimum atomic E-state index is -0.937. The van der Waals surface area contributed by atoms with E-state index in [0.717, 1.165) is 38.5 Å². The summed E-state index contributed by atoms with van der Waals surface area (Å²) in [6, 6.07) is -0.474. The lowest BCUT2D eigenvalue weighted by molar-refractivity contribution is -0.139. The largest absolute Gasteiger partial charge is 0.481 e. The molecule has 3 saturated carbocycles. The first-order valence-electron chi connectivity index (χ1n) is 15.2. The molecule has 1 saturated heterocycles. The molecule has 8 heteroatoms. The maximum atomic E-state index is 12.7. The SMILES string of the molecule is CC1(C)C[C@H]([C@H](CC(=O)O)NC(=O)CON=C2C=C[C@@]3(C)C(=C2)CC[C@@H]2[C@H]3CC[C@@]3(C)[C@@H]2CC[C@]3(C)O)CCO1. The Hall–Kier alpha value is -2.19. The second-order valence-corrected chi connectivity index (χ2v) is 14.4. The number of aliphatic carboxylic acids is 1.